The Labute approximate surface area is 511 Å². The molecule has 14 aromatic rings. The fourth-order valence-corrected chi connectivity index (χ4v) is 12.1. The predicted octanol–water partition coefficient (Wildman–Crippen LogP) is 20.7. The average molecular weight is 1140 g/mol. The summed E-state index contributed by atoms with van der Waals surface area (Å²) < 4.78 is 11.4. The maximum atomic E-state index is 6.66. The van der Waals surface area contributed by atoms with Gasteiger partial charge in [-0.25, -0.2) is 0 Å². The molecule has 0 unspecified atom stereocenters. The summed E-state index contributed by atoms with van der Waals surface area (Å²) in [6, 6.07) is 76.2. The lowest BCUT2D eigenvalue weighted by Gasteiger charge is -2.11. The number of unbranched alkanes of at least 4 members (excludes halogenated alkanes) is 1. The number of hydrogen-bond acceptors (Lipinski definition) is 7. The van der Waals surface area contributed by atoms with Crippen LogP contribution in [0.5, 0.6) is 0 Å². The van der Waals surface area contributed by atoms with Gasteiger partial charge < -0.3 is 19.3 Å². The smallest absolute Gasteiger partial charge is 0.135 e. The molecule has 10 aromatic carbocycles. The van der Waals surface area contributed by atoms with Gasteiger partial charge in [0, 0.05) is 91.4 Å². The van der Waals surface area contributed by atoms with E-state index in [1.54, 1.807) is 37.2 Å². The third-order valence-corrected chi connectivity index (χ3v) is 16.3. The lowest BCUT2D eigenvalue weighted by molar-refractivity contribution is 0.669. The van der Waals surface area contributed by atoms with E-state index in [-0.39, 0.29) is 0 Å². The van der Waals surface area contributed by atoms with Crippen molar-refractivity contribution in [2.24, 2.45) is 20.7 Å². The van der Waals surface area contributed by atoms with Gasteiger partial charge >= 0.3 is 0 Å². The van der Waals surface area contributed by atoms with E-state index in [0.29, 0.717) is 0 Å². The molecule has 0 saturated carbocycles. The van der Waals surface area contributed by atoms with E-state index in [1.807, 2.05) is 51.3 Å². The van der Waals surface area contributed by atoms with Gasteiger partial charge in [-0.2, -0.15) is 0 Å². The molecular formula is C79H64N8O. The van der Waals surface area contributed by atoms with Crippen LogP contribution >= 0.6 is 0 Å². The van der Waals surface area contributed by atoms with Crippen molar-refractivity contribution in [2.45, 2.75) is 40.5 Å². The van der Waals surface area contributed by atoms with Crippen LogP contribution in [0.15, 0.2) is 275 Å². The molecule has 0 aliphatic rings. The lowest BCUT2D eigenvalue weighted by Crippen LogP contribution is -1.94. The summed E-state index contributed by atoms with van der Waals surface area (Å²) in [6.45, 7) is 11.8. The van der Waals surface area contributed by atoms with E-state index >= 15 is 0 Å². The van der Waals surface area contributed by atoms with Gasteiger partial charge in [-0.05, 0) is 175 Å². The van der Waals surface area contributed by atoms with Crippen molar-refractivity contribution in [2.75, 3.05) is 0 Å². The van der Waals surface area contributed by atoms with Crippen LogP contribution in [0.1, 0.15) is 51.7 Å². The summed E-state index contributed by atoms with van der Waals surface area (Å²) in [5, 5.41) is 6.61. The van der Waals surface area contributed by atoms with Crippen molar-refractivity contribution in [3.63, 3.8) is 0 Å². The Morgan fingerprint density at radius 2 is 1.00 bits per heavy atom. The van der Waals surface area contributed by atoms with Crippen LogP contribution in [0.2, 0.25) is 0 Å². The van der Waals surface area contributed by atoms with E-state index in [1.165, 1.54) is 0 Å². The summed E-state index contributed by atoms with van der Waals surface area (Å²) in [4.78, 5) is 22.6. The number of benzene rings is 10. The zero-order valence-corrected chi connectivity index (χ0v) is 49.6. The second kappa shape index (κ2) is 24.7. The lowest BCUT2D eigenvalue weighted by atomic mass is 9.96. The predicted molar refractivity (Wildman–Crippen MR) is 373 cm³/mol. The maximum Gasteiger partial charge on any atom is 0.135 e. The van der Waals surface area contributed by atoms with Crippen LogP contribution in [0.4, 0.5) is 0 Å². The van der Waals surface area contributed by atoms with Gasteiger partial charge in [0.15, 0.2) is 0 Å². The van der Waals surface area contributed by atoms with Crippen molar-refractivity contribution < 1.29 is 4.42 Å². The van der Waals surface area contributed by atoms with Gasteiger partial charge in [0.2, 0.25) is 0 Å². The summed E-state index contributed by atoms with van der Waals surface area (Å²) in [5.41, 5.74) is 28.4. The van der Waals surface area contributed by atoms with Gasteiger partial charge in [0.25, 0.3) is 0 Å². The normalized spacial score (nSPS) is 12.3. The highest BCUT2D eigenvalue weighted by molar-refractivity contribution is 6.15. The number of allylic oxidation sites excluding steroid dienone is 2. The van der Waals surface area contributed by atoms with Crippen LogP contribution in [-0.4, -0.2) is 38.2 Å². The number of para-hydroxylation sites is 1. The number of nitrogens with two attached hydrogens (primary N) is 1. The first-order valence-corrected chi connectivity index (χ1v) is 29.8. The standard InChI is InChI=1S/C75H56N8O.C4H8/c1-4-6-35-80-67(45-76)59-21-12-10-19-57(59)52-25-31-71-63(42-52)61-40-50(24-29-70(61)82(71)55-17-8-7-9-18-55)51-27-33-74-65(41-51)66-44-56(28-34-75(66)84-74)83-72-30-23-49(48-15-14-16-54(38-48)68-47-78-36-37-81-68)39-62(72)64-43-53(26-32-73(64)83)58-20-11-13-22-60(58)69(46-77-3)79-5-2;1-3-4-2/h5,7-47H,3-4,6,76H2,1-2H3;3-4H,1-2H3/b67-45-,69-46-,79-5?,80-35?;4-3-. The number of fused-ring (bicyclic) bond motifs is 9. The molecule has 4 aromatic heterocycles. The Balaban J connectivity index is 0.00000173. The highest BCUT2D eigenvalue weighted by Crippen LogP contribution is 2.43. The molecule has 426 valence electrons. The molecule has 4 heterocycles. The average Bonchev–Trinajstić information content (AvgIpc) is 1.78. The van der Waals surface area contributed by atoms with Crippen LogP contribution in [-0.2, 0) is 0 Å². The molecular weight excluding hydrogens is 1080 g/mol. The summed E-state index contributed by atoms with van der Waals surface area (Å²) in [7, 11) is 0. The molecule has 0 aliphatic carbocycles. The van der Waals surface area contributed by atoms with Crippen molar-refractivity contribution in [1.29, 1.82) is 0 Å². The van der Waals surface area contributed by atoms with Gasteiger partial charge in [-0.1, -0.05) is 141 Å². The molecule has 0 amide bonds. The van der Waals surface area contributed by atoms with Crippen molar-refractivity contribution in [1.82, 2.24) is 19.1 Å². The zero-order valence-electron chi connectivity index (χ0n) is 49.6. The first kappa shape index (κ1) is 55.9. The minimum absolute atomic E-state index is 0.742. The van der Waals surface area contributed by atoms with Crippen LogP contribution in [0.25, 0.3) is 144 Å². The molecule has 0 atom stereocenters. The molecule has 88 heavy (non-hydrogen) atoms. The minimum Gasteiger partial charge on any atom is -0.456 e. The number of hydrogen-bond donors (Lipinski definition) is 1. The topological polar surface area (TPSA) is 112 Å². The number of aromatic nitrogens is 4. The Hall–Kier alpha value is -11.3. The monoisotopic (exact) mass is 1140 g/mol. The summed E-state index contributed by atoms with van der Waals surface area (Å²) >= 11 is 0. The fourth-order valence-electron chi connectivity index (χ4n) is 12.1. The minimum atomic E-state index is 0.742. The molecule has 0 fully saturated rings. The highest BCUT2D eigenvalue weighted by Gasteiger charge is 2.21. The Bertz CT molecular complexity index is 5110. The molecule has 0 spiro atoms. The SMILES string of the molecule is C/C=C\C.C=N/C=C(\N=CC)c1ccccc1-c1ccc2c(c1)c1cc(-c3cccc(-c4cnccn4)c3)ccc1n2-c1ccc2oc3ccc(-c4ccc5c(c4)c4cc(-c6ccccc6/C(=C/N)N=CCCC)ccc4n5-c4ccccc4)cc3c2c1. The number of rotatable bonds is 14. The number of nitrogens with zero attached hydrogens (tertiary/aromatic N) is 7. The van der Waals surface area contributed by atoms with Crippen molar-refractivity contribution in [3.8, 4) is 67.1 Å². The summed E-state index contributed by atoms with van der Waals surface area (Å²) in [5.74, 6) is 0. The molecule has 9 nitrogen and oxygen atoms in total. The molecule has 2 N–H and O–H groups in total. The quantitative estimate of drug-likeness (QED) is 0.0863. The van der Waals surface area contributed by atoms with Gasteiger partial charge in [0.05, 0.1) is 51.6 Å². The first-order chi connectivity index (χ1) is 43.4. The van der Waals surface area contributed by atoms with Crippen LogP contribution in [0, 0.1) is 0 Å². The molecule has 0 aliphatic heterocycles. The molecule has 0 radical (unpaired) electrons. The summed E-state index contributed by atoms with van der Waals surface area (Å²) in [6.07, 6.45) is 18.2. The molecule has 0 saturated heterocycles. The second-order valence-corrected chi connectivity index (χ2v) is 21.6. The maximum absolute atomic E-state index is 6.66. The number of furan rings is 1. The van der Waals surface area contributed by atoms with E-state index in [2.05, 4.69) is 238 Å². The van der Waals surface area contributed by atoms with E-state index in [9.17, 15) is 0 Å². The zero-order chi connectivity index (χ0) is 60.1. The van der Waals surface area contributed by atoms with Gasteiger partial charge in [-0.15, -0.1) is 0 Å². The second-order valence-electron chi connectivity index (χ2n) is 21.6. The van der Waals surface area contributed by atoms with Gasteiger partial charge in [0.1, 0.15) is 11.2 Å². The first-order valence-electron chi connectivity index (χ1n) is 29.8. The third-order valence-electron chi connectivity index (χ3n) is 16.3. The third kappa shape index (κ3) is 10.5. The molecule has 14 rings (SSSR count). The molecule has 9 heteroatoms. The number of aliphatic imine (C=N–C) groups is 3. The van der Waals surface area contributed by atoms with E-state index in [0.717, 1.165) is 168 Å². The Morgan fingerprint density at radius 3 is 1.57 bits per heavy atom. The Morgan fingerprint density at radius 1 is 0.489 bits per heavy atom. The van der Waals surface area contributed by atoms with Crippen molar-refractivity contribution in [3.05, 3.63) is 267 Å². The van der Waals surface area contributed by atoms with Crippen LogP contribution in [0.3, 0.4) is 0 Å². The van der Waals surface area contributed by atoms with Gasteiger partial charge in [-0.3, -0.25) is 24.9 Å². The fraction of sp³-hybridized carbons (Fsp3) is 0.0759. The van der Waals surface area contributed by atoms with Crippen LogP contribution < -0.4 is 5.73 Å². The largest absolute Gasteiger partial charge is 0.456 e. The molecule has 0 bridgehead atoms. The Kier molecular flexibility index (Phi) is 15.7. The van der Waals surface area contributed by atoms with E-state index < -0.39 is 0 Å². The van der Waals surface area contributed by atoms with E-state index in [4.69, 9.17) is 20.1 Å². The van der Waals surface area contributed by atoms with Crippen molar-refractivity contribution >= 4 is 96.1 Å². The highest BCUT2D eigenvalue weighted by atomic mass is 16.3.